The summed E-state index contributed by atoms with van der Waals surface area (Å²) in [6.07, 6.45) is 0. The van der Waals surface area contributed by atoms with Gasteiger partial charge in [-0.2, -0.15) is 12.6 Å². The minimum atomic E-state index is -1.21. The molecule has 0 aliphatic heterocycles. The third-order valence-electron chi connectivity index (χ3n) is 3.79. The van der Waals surface area contributed by atoms with Gasteiger partial charge in [0.15, 0.2) is 0 Å². The van der Waals surface area contributed by atoms with E-state index in [1.165, 1.54) is 23.7 Å². The molecule has 15 heavy (non-hydrogen) atoms. The predicted molar refractivity (Wildman–Crippen MR) is 76.0 cm³/mol. The van der Waals surface area contributed by atoms with Gasteiger partial charge in [-0.05, 0) is 5.56 Å². The summed E-state index contributed by atoms with van der Waals surface area (Å²) < 4.78 is 0. The summed E-state index contributed by atoms with van der Waals surface area (Å²) in [6.45, 7) is 7.07. The minimum absolute atomic E-state index is 0.880. The molecule has 0 N–H and O–H groups in total. The lowest BCUT2D eigenvalue weighted by Crippen LogP contribution is -2.47. The molecule has 1 aromatic rings. The number of thiol groups is 1. The lowest BCUT2D eigenvalue weighted by atomic mass is 10.2. The topological polar surface area (TPSA) is 0 Å². The smallest absolute Gasteiger partial charge is 0.0863 e. The summed E-state index contributed by atoms with van der Waals surface area (Å²) in [6, 6.07) is 13.0. The SMILES string of the molecule is CC[Si](CC)(CC)c1ccccc1CS. The van der Waals surface area contributed by atoms with Crippen LogP contribution in [-0.2, 0) is 5.75 Å². The predicted octanol–water partition coefficient (Wildman–Crippen LogP) is 3.83. The molecule has 0 radical (unpaired) electrons. The van der Waals surface area contributed by atoms with E-state index in [0.29, 0.717) is 0 Å². The van der Waals surface area contributed by atoms with Crippen LogP contribution in [0.5, 0.6) is 0 Å². The maximum absolute atomic E-state index is 4.45. The maximum Gasteiger partial charge on any atom is 0.0863 e. The molecule has 1 rings (SSSR count). The third kappa shape index (κ3) is 2.48. The quantitative estimate of drug-likeness (QED) is 0.585. The summed E-state index contributed by atoms with van der Waals surface area (Å²) in [5.41, 5.74) is 1.46. The van der Waals surface area contributed by atoms with Crippen LogP contribution in [0.1, 0.15) is 26.3 Å². The second-order valence-corrected chi connectivity index (χ2v) is 9.69. The molecular formula is C13H22SSi. The maximum atomic E-state index is 4.45. The van der Waals surface area contributed by atoms with Gasteiger partial charge < -0.3 is 0 Å². The first kappa shape index (κ1) is 12.9. The summed E-state index contributed by atoms with van der Waals surface area (Å²) in [4.78, 5) is 0. The average Bonchev–Trinajstić information content (AvgIpc) is 2.33. The Kier molecular flexibility index (Phi) is 4.93. The Morgan fingerprint density at radius 2 is 1.53 bits per heavy atom. The Morgan fingerprint density at radius 1 is 1.00 bits per heavy atom. The first-order chi connectivity index (χ1) is 7.24. The van der Waals surface area contributed by atoms with Crippen LogP contribution in [0.15, 0.2) is 24.3 Å². The van der Waals surface area contributed by atoms with Crippen molar-refractivity contribution in [2.24, 2.45) is 0 Å². The van der Waals surface area contributed by atoms with Crippen LogP contribution in [0.2, 0.25) is 18.1 Å². The van der Waals surface area contributed by atoms with Gasteiger partial charge >= 0.3 is 0 Å². The molecule has 0 nitrogen and oxygen atoms in total. The van der Waals surface area contributed by atoms with Crippen molar-refractivity contribution in [3.63, 3.8) is 0 Å². The van der Waals surface area contributed by atoms with Crippen molar-refractivity contribution in [3.05, 3.63) is 29.8 Å². The first-order valence-corrected chi connectivity index (χ1v) is 9.18. The fourth-order valence-electron chi connectivity index (χ4n) is 2.50. The van der Waals surface area contributed by atoms with Crippen molar-refractivity contribution in [2.75, 3.05) is 0 Å². The standard InChI is InChI=1S/C13H22SSi/c1-4-15(5-2,6-3)13-10-8-7-9-12(13)11-14/h7-10,14H,4-6,11H2,1-3H3. The molecular weight excluding hydrogens is 216 g/mol. The van der Waals surface area contributed by atoms with Crippen molar-refractivity contribution >= 4 is 25.9 Å². The van der Waals surface area contributed by atoms with Gasteiger partial charge in [-0.15, -0.1) is 0 Å². The highest BCUT2D eigenvalue weighted by atomic mass is 32.1. The monoisotopic (exact) mass is 238 g/mol. The highest BCUT2D eigenvalue weighted by molar-refractivity contribution is 7.79. The summed E-state index contributed by atoms with van der Waals surface area (Å²) in [5, 5.41) is 1.65. The fraction of sp³-hybridized carbons (Fsp3) is 0.538. The van der Waals surface area contributed by atoms with Crippen LogP contribution in [0.3, 0.4) is 0 Å². The Balaban J connectivity index is 3.21. The third-order valence-corrected chi connectivity index (χ3v) is 9.82. The molecule has 0 heterocycles. The summed E-state index contributed by atoms with van der Waals surface area (Å²) in [5.74, 6) is 0.880. The van der Waals surface area contributed by atoms with Crippen LogP contribution in [0.4, 0.5) is 0 Å². The highest BCUT2D eigenvalue weighted by Gasteiger charge is 2.30. The second kappa shape index (κ2) is 5.76. The van der Waals surface area contributed by atoms with E-state index in [-0.39, 0.29) is 0 Å². The molecule has 0 spiro atoms. The van der Waals surface area contributed by atoms with Crippen LogP contribution in [0.25, 0.3) is 0 Å². The van der Waals surface area contributed by atoms with Gasteiger partial charge in [0.25, 0.3) is 0 Å². The molecule has 0 aliphatic rings. The van der Waals surface area contributed by atoms with Crippen molar-refractivity contribution in [1.29, 1.82) is 0 Å². The Bertz CT molecular complexity index is 297. The van der Waals surface area contributed by atoms with Crippen LogP contribution >= 0.6 is 12.6 Å². The molecule has 0 aromatic heterocycles. The van der Waals surface area contributed by atoms with E-state index in [1.807, 2.05) is 0 Å². The normalized spacial score (nSPS) is 11.7. The van der Waals surface area contributed by atoms with Crippen molar-refractivity contribution in [2.45, 2.75) is 44.7 Å². The molecule has 2 heteroatoms. The van der Waals surface area contributed by atoms with E-state index < -0.39 is 8.07 Å². The van der Waals surface area contributed by atoms with E-state index in [2.05, 4.69) is 57.7 Å². The van der Waals surface area contributed by atoms with Crippen molar-refractivity contribution in [1.82, 2.24) is 0 Å². The Morgan fingerprint density at radius 3 is 2.00 bits per heavy atom. The zero-order valence-corrected chi connectivity index (χ0v) is 12.0. The minimum Gasteiger partial charge on any atom is -0.175 e. The van der Waals surface area contributed by atoms with Crippen molar-refractivity contribution in [3.8, 4) is 0 Å². The summed E-state index contributed by atoms with van der Waals surface area (Å²) >= 11 is 4.45. The average molecular weight is 238 g/mol. The van der Waals surface area contributed by atoms with Gasteiger partial charge in [-0.1, -0.05) is 68.4 Å². The molecule has 0 aliphatic carbocycles. The van der Waals surface area contributed by atoms with E-state index in [9.17, 15) is 0 Å². The van der Waals surface area contributed by atoms with Gasteiger partial charge in [0.2, 0.25) is 0 Å². The van der Waals surface area contributed by atoms with Crippen LogP contribution < -0.4 is 5.19 Å². The number of hydrogen-bond acceptors (Lipinski definition) is 1. The molecule has 84 valence electrons. The molecule has 0 fully saturated rings. The van der Waals surface area contributed by atoms with Crippen LogP contribution in [-0.4, -0.2) is 8.07 Å². The van der Waals surface area contributed by atoms with Crippen molar-refractivity contribution < 1.29 is 0 Å². The largest absolute Gasteiger partial charge is 0.175 e. The molecule has 0 amide bonds. The Hall–Kier alpha value is -0.213. The van der Waals surface area contributed by atoms with E-state index in [4.69, 9.17) is 0 Å². The molecule has 0 unspecified atom stereocenters. The zero-order chi connectivity index (χ0) is 11.3. The van der Waals surface area contributed by atoms with E-state index in [0.717, 1.165) is 5.75 Å². The molecule has 0 saturated heterocycles. The van der Waals surface area contributed by atoms with Gasteiger partial charge in [-0.3, -0.25) is 0 Å². The van der Waals surface area contributed by atoms with Gasteiger partial charge in [0, 0.05) is 5.75 Å². The molecule has 0 saturated carbocycles. The van der Waals surface area contributed by atoms with Gasteiger partial charge in [0.05, 0.1) is 8.07 Å². The molecule has 1 aromatic carbocycles. The van der Waals surface area contributed by atoms with Gasteiger partial charge in [-0.25, -0.2) is 0 Å². The number of rotatable bonds is 5. The first-order valence-electron chi connectivity index (χ1n) is 5.93. The van der Waals surface area contributed by atoms with E-state index >= 15 is 0 Å². The Labute approximate surface area is 101 Å². The lowest BCUT2D eigenvalue weighted by molar-refractivity contribution is 1.19. The second-order valence-electron chi connectivity index (χ2n) is 4.16. The van der Waals surface area contributed by atoms with E-state index in [1.54, 1.807) is 5.19 Å². The number of hydrogen-bond donors (Lipinski definition) is 1. The van der Waals surface area contributed by atoms with Gasteiger partial charge in [0.1, 0.15) is 0 Å². The van der Waals surface area contributed by atoms with Crippen LogP contribution in [0, 0.1) is 0 Å². The molecule has 0 atom stereocenters. The molecule has 0 bridgehead atoms. The number of benzene rings is 1. The zero-order valence-electron chi connectivity index (χ0n) is 10.1. The lowest BCUT2D eigenvalue weighted by Gasteiger charge is -2.30. The fourth-order valence-corrected chi connectivity index (χ4v) is 6.87. The summed E-state index contributed by atoms with van der Waals surface area (Å²) in [7, 11) is -1.21. The highest BCUT2D eigenvalue weighted by Crippen LogP contribution is 2.22.